The Morgan fingerprint density at radius 2 is 1.86 bits per heavy atom. The third-order valence-electron chi connectivity index (χ3n) is 4.15. The third-order valence-corrected chi connectivity index (χ3v) is 4.67. The maximum absolute atomic E-state index is 11.8. The van der Waals surface area contributed by atoms with Gasteiger partial charge in [0, 0.05) is 10.0 Å². The standard InChI is InChI=1S/C22H21BrN2O4/c1-3-5-16-10-15(11-18-21(26)25-22(27)24-18)12-19(28-4-2)20(16)29-13-14-6-8-17(23)9-7-14/h3,6-12H,1,4-5,13H2,2H3,(H2,24,25,26,27)/b18-11-. The van der Waals surface area contributed by atoms with Crippen molar-refractivity contribution in [3.8, 4) is 11.5 Å². The maximum Gasteiger partial charge on any atom is 0.326 e. The summed E-state index contributed by atoms with van der Waals surface area (Å²) in [6.45, 7) is 6.55. The van der Waals surface area contributed by atoms with Crippen molar-refractivity contribution < 1.29 is 19.1 Å². The second-order valence-corrected chi connectivity index (χ2v) is 7.23. The first kappa shape index (κ1) is 20.7. The molecule has 0 saturated carbocycles. The van der Waals surface area contributed by atoms with Crippen molar-refractivity contribution in [3.63, 3.8) is 0 Å². The summed E-state index contributed by atoms with van der Waals surface area (Å²) in [6.07, 6.45) is 3.94. The zero-order chi connectivity index (χ0) is 20.8. The average Bonchev–Trinajstić information content (AvgIpc) is 3.00. The minimum absolute atomic E-state index is 0.186. The van der Waals surface area contributed by atoms with Crippen LogP contribution in [-0.4, -0.2) is 18.5 Å². The number of rotatable bonds is 8. The summed E-state index contributed by atoms with van der Waals surface area (Å²) in [5, 5.41) is 4.67. The number of urea groups is 1. The number of carbonyl (C=O) groups is 2. The molecule has 3 amide bonds. The molecule has 2 N–H and O–H groups in total. The highest BCUT2D eigenvalue weighted by Crippen LogP contribution is 2.35. The van der Waals surface area contributed by atoms with Gasteiger partial charge in [0.25, 0.3) is 5.91 Å². The molecular formula is C22H21BrN2O4. The zero-order valence-electron chi connectivity index (χ0n) is 16.0. The minimum atomic E-state index is -0.535. The van der Waals surface area contributed by atoms with E-state index in [4.69, 9.17) is 9.47 Å². The first-order valence-electron chi connectivity index (χ1n) is 9.12. The van der Waals surface area contributed by atoms with Gasteiger partial charge in [-0.3, -0.25) is 10.1 Å². The highest BCUT2D eigenvalue weighted by Gasteiger charge is 2.23. The van der Waals surface area contributed by atoms with Crippen LogP contribution >= 0.6 is 15.9 Å². The molecule has 1 saturated heterocycles. The molecule has 0 aliphatic carbocycles. The van der Waals surface area contributed by atoms with Gasteiger partial charge in [-0.1, -0.05) is 34.1 Å². The van der Waals surface area contributed by atoms with Crippen LogP contribution in [0.4, 0.5) is 4.79 Å². The summed E-state index contributed by atoms with van der Waals surface area (Å²) in [4.78, 5) is 23.2. The van der Waals surface area contributed by atoms with E-state index >= 15 is 0 Å². The fourth-order valence-electron chi connectivity index (χ4n) is 2.89. The van der Waals surface area contributed by atoms with Gasteiger partial charge < -0.3 is 14.8 Å². The van der Waals surface area contributed by atoms with Gasteiger partial charge >= 0.3 is 6.03 Å². The topological polar surface area (TPSA) is 76.7 Å². The molecule has 1 aliphatic heterocycles. The van der Waals surface area contributed by atoms with Crippen LogP contribution < -0.4 is 20.1 Å². The van der Waals surface area contributed by atoms with Crippen molar-refractivity contribution in [3.05, 3.63) is 75.9 Å². The lowest BCUT2D eigenvalue weighted by molar-refractivity contribution is -0.115. The lowest BCUT2D eigenvalue weighted by atomic mass is 10.0. The Labute approximate surface area is 177 Å². The van der Waals surface area contributed by atoms with Crippen LogP contribution in [0.1, 0.15) is 23.6 Å². The van der Waals surface area contributed by atoms with Crippen molar-refractivity contribution in [2.75, 3.05) is 6.61 Å². The number of allylic oxidation sites excluding steroid dienone is 1. The maximum atomic E-state index is 11.8. The van der Waals surface area contributed by atoms with Gasteiger partial charge in [-0.15, -0.1) is 6.58 Å². The van der Waals surface area contributed by atoms with Crippen LogP contribution in [0.5, 0.6) is 11.5 Å². The molecule has 1 aliphatic rings. The molecule has 0 bridgehead atoms. The monoisotopic (exact) mass is 456 g/mol. The normalized spacial score (nSPS) is 14.5. The van der Waals surface area contributed by atoms with Crippen molar-refractivity contribution in [1.29, 1.82) is 0 Å². The fourth-order valence-corrected chi connectivity index (χ4v) is 3.15. The summed E-state index contributed by atoms with van der Waals surface area (Å²) in [5.41, 5.74) is 2.80. The minimum Gasteiger partial charge on any atom is -0.490 e. The zero-order valence-corrected chi connectivity index (χ0v) is 17.5. The van der Waals surface area contributed by atoms with E-state index in [0.29, 0.717) is 36.7 Å². The van der Waals surface area contributed by atoms with E-state index in [0.717, 1.165) is 15.6 Å². The Kier molecular flexibility index (Phi) is 6.72. The summed E-state index contributed by atoms with van der Waals surface area (Å²) in [6, 6.07) is 11.0. The summed E-state index contributed by atoms with van der Waals surface area (Å²) < 4.78 is 12.9. The van der Waals surface area contributed by atoms with Crippen LogP contribution in [0.2, 0.25) is 0 Å². The first-order chi connectivity index (χ1) is 14.0. The smallest absolute Gasteiger partial charge is 0.326 e. The number of imide groups is 1. The predicted molar refractivity (Wildman–Crippen MR) is 115 cm³/mol. The molecule has 2 aromatic rings. The molecule has 0 spiro atoms. The second kappa shape index (κ2) is 9.43. The largest absolute Gasteiger partial charge is 0.490 e. The molecule has 0 unspecified atom stereocenters. The van der Waals surface area contributed by atoms with Gasteiger partial charge in [0.05, 0.1) is 6.61 Å². The molecule has 0 radical (unpaired) electrons. The van der Waals surface area contributed by atoms with Crippen LogP contribution in [-0.2, 0) is 17.8 Å². The summed E-state index contributed by atoms with van der Waals surface area (Å²) >= 11 is 3.43. The van der Waals surface area contributed by atoms with Gasteiger partial charge in [-0.05, 0) is 54.8 Å². The fraction of sp³-hybridized carbons (Fsp3) is 0.182. The van der Waals surface area contributed by atoms with Gasteiger partial charge in [-0.2, -0.15) is 0 Å². The number of hydrogen-bond donors (Lipinski definition) is 2. The Bertz CT molecular complexity index is 968. The highest BCUT2D eigenvalue weighted by atomic mass is 79.9. The Hall–Kier alpha value is -3.06. The number of nitrogens with one attached hydrogen (secondary N) is 2. The van der Waals surface area contributed by atoms with E-state index in [1.54, 1.807) is 18.2 Å². The van der Waals surface area contributed by atoms with E-state index in [1.807, 2.05) is 37.3 Å². The number of hydrogen-bond acceptors (Lipinski definition) is 4. The van der Waals surface area contributed by atoms with Crippen LogP contribution in [0, 0.1) is 0 Å². The van der Waals surface area contributed by atoms with Crippen LogP contribution in [0.25, 0.3) is 6.08 Å². The molecule has 7 heteroatoms. The van der Waals surface area contributed by atoms with Crippen LogP contribution in [0.15, 0.2) is 59.2 Å². The van der Waals surface area contributed by atoms with Crippen molar-refractivity contribution in [1.82, 2.24) is 10.6 Å². The quantitative estimate of drug-likeness (QED) is 0.352. The van der Waals surface area contributed by atoms with Crippen molar-refractivity contribution >= 4 is 33.9 Å². The van der Waals surface area contributed by atoms with E-state index in [2.05, 4.69) is 33.1 Å². The van der Waals surface area contributed by atoms with Crippen molar-refractivity contribution in [2.45, 2.75) is 20.0 Å². The SMILES string of the molecule is C=CCc1cc(/C=C2\NC(=O)NC2=O)cc(OCC)c1OCc1ccc(Br)cc1. The molecule has 1 fully saturated rings. The number of carbonyl (C=O) groups excluding carboxylic acids is 2. The molecular weight excluding hydrogens is 436 g/mol. The average molecular weight is 457 g/mol. The molecule has 2 aromatic carbocycles. The van der Waals surface area contributed by atoms with Gasteiger partial charge in [0.2, 0.25) is 0 Å². The van der Waals surface area contributed by atoms with E-state index in [9.17, 15) is 9.59 Å². The van der Waals surface area contributed by atoms with Gasteiger partial charge in [0.15, 0.2) is 11.5 Å². The highest BCUT2D eigenvalue weighted by molar-refractivity contribution is 9.10. The van der Waals surface area contributed by atoms with E-state index in [1.165, 1.54) is 0 Å². The molecule has 6 nitrogen and oxygen atoms in total. The van der Waals surface area contributed by atoms with E-state index in [-0.39, 0.29) is 5.70 Å². The number of benzene rings is 2. The first-order valence-corrected chi connectivity index (χ1v) is 9.91. The van der Waals surface area contributed by atoms with Gasteiger partial charge in [0.1, 0.15) is 12.3 Å². The number of amides is 3. The van der Waals surface area contributed by atoms with E-state index < -0.39 is 11.9 Å². The summed E-state index contributed by atoms with van der Waals surface area (Å²) in [5.74, 6) is 0.742. The second-order valence-electron chi connectivity index (χ2n) is 6.31. The van der Waals surface area contributed by atoms with Gasteiger partial charge in [-0.25, -0.2) is 4.79 Å². The molecule has 1 heterocycles. The van der Waals surface area contributed by atoms with Crippen LogP contribution in [0.3, 0.4) is 0 Å². The third kappa shape index (κ3) is 5.26. The summed E-state index contributed by atoms with van der Waals surface area (Å²) in [7, 11) is 0. The predicted octanol–water partition coefficient (Wildman–Crippen LogP) is 4.34. The lowest BCUT2D eigenvalue weighted by Crippen LogP contribution is -2.22. The Morgan fingerprint density at radius 3 is 2.48 bits per heavy atom. The number of ether oxygens (including phenoxy) is 2. The number of halogens is 1. The lowest BCUT2D eigenvalue weighted by Gasteiger charge is -2.17. The Morgan fingerprint density at radius 1 is 1.10 bits per heavy atom. The molecule has 29 heavy (non-hydrogen) atoms. The Balaban J connectivity index is 1.94. The molecule has 0 aromatic heterocycles. The molecule has 3 rings (SSSR count). The molecule has 0 atom stereocenters. The molecule has 150 valence electrons. The van der Waals surface area contributed by atoms with Crippen molar-refractivity contribution in [2.24, 2.45) is 0 Å².